The van der Waals surface area contributed by atoms with Gasteiger partial charge in [-0.15, -0.1) is 0 Å². The Morgan fingerprint density at radius 3 is 1.10 bits per heavy atom. The largest absolute Gasteiger partial charge is 0.466 e. The Labute approximate surface area is 443 Å². The van der Waals surface area contributed by atoms with Crippen molar-refractivity contribution in [3.05, 3.63) is 24.3 Å². The number of hydrogen-bond donors (Lipinski definition) is 3. The van der Waals surface area contributed by atoms with E-state index in [9.17, 15) is 19.8 Å². The van der Waals surface area contributed by atoms with Gasteiger partial charge in [0.05, 0.1) is 25.4 Å². The summed E-state index contributed by atoms with van der Waals surface area (Å²) in [5.74, 6) is -0.0207. The minimum Gasteiger partial charge on any atom is -0.466 e. The second-order valence-electron chi connectivity index (χ2n) is 22.1. The molecule has 0 aromatic heterocycles. The summed E-state index contributed by atoms with van der Waals surface area (Å²) in [6.07, 6.45) is 74.9. The predicted octanol–water partition coefficient (Wildman–Crippen LogP) is 20.2. The van der Waals surface area contributed by atoms with Crippen LogP contribution in [0.25, 0.3) is 0 Å². The number of allylic oxidation sites excluding steroid dienone is 4. The standard InChI is InChI=1S/C65H125NO5/c1-3-5-7-9-11-13-15-16-17-18-26-30-33-36-39-43-47-51-55-59-65(70)71-60-56-52-48-44-40-37-34-31-28-25-23-21-19-20-22-24-27-29-32-35-38-42-46-50-54-58-64(69)66-62(61-67)63(68)57-53-49-45-41-14-12-10-8-6-4-2/h11,13,16-17,62-63,67-68H,3-10,12,14-15,18-61H2,1-2H3,(H,66,69)/b13-11-,17-16-. The average molecular weight is 1000 g/mol. The Morgan fingerprint density at radius 2 is 0.704 bits per heavy atom. The molecule has 6 heteroatoms. The minimum atomic E-state index is -0.661. The molecule has 1 amide bonds. The number of esters is 1. The first-order chi connectivity index (χ1) is 35.0. The molecule has 420 valence electrons. The van der Waals surface area contributed by atoms with Crippen LogP contribution < -0.4 is 5.32 Å². The zero-order valence-electron chi connectivity index (χ0n) is 48.0. The topological polar surface area (TPSA) is 95.9 Å². The van der Waals surface area contributed by atoms with E-state index in [2.05, 4.69) is 43.5 Å². The summed E-state index contributed by atoms with van der Waals surface area (Å²) in [5, 5.41) is 23.2. The van der Waals surface area contributed by atoms with Crippen LogP contribution in [-0.2, 0) is 14.3 Å². The lowest BCUT2D eigenvalue weighted by atomic mass is 10.0. The van der Waals surface area contributed by atoms with Crippen molar-refractivity contribution >= 4 is 11.9 Å². The second-order valence-corrected chi connectivity index (χ2v) is 22.1. The fourth-order valence-corrected chi connectivity index (χ4v) is 10.1. The maximum absolute atomic E-state index is 12.4. The lowest BCUT2D eigenvalue weighted by molar-refractivity contribution is -0.143. The van der Waals surface area contributed by atoms with Crippen molar-refractivity contribution in [1.29, 1.82) is 0 Å². The van der Waals surface area contributed by atoms with Crippen LogP contribution in [0.4, 0.5) is 0 Å². The number of ether oxygens (including phenoxy) is 1. The van der Waals surface area contributed by atoms with Gasteiger partial charge in [-0.25, -0.2) is 0 Å². The van der Waals surface area contributed by atoms with Crippen molar-refractivity contribution in [3.63, 3.8) is 0 Å². The molecule has 2 unspecified atom stereocenters. The summed E-state index contributed by atoms with van der Waals surface area (Å²) in [4.78, 5) is 24.5. The monoisotopic (exact) mass is 1000 g/mol. The maximum Gasteiger partial charge on any atom is 0.305 e. The van der Waals surface area contributed by atoms with Gasteiger partial charge in [-0.05, 0) is 57.8 Å². The Hall–Kier alpha value is -1.66. The van der Waals surface area contributed by atoms with E-state index in [0.29, 0.717) is 25.9 Å². The van der Waals surface area contributed by atoms with Crippen LogP contribution in [0.15, 0.2) is 24.3 Å². The van der Waals surface area contributed by atoms with Crippen molar-refractivity contribution < 1.29 is 24.5 Å². The highest BCUT2D eigenvalue weighted by atomic mass is 16.5. The highest BCUT2D eigenvalue weighted by Crippen LogP contribution is 2.18. The van der Waals surface area contributed by atoms with Gasteiger partial charge >= 0.3 is 5.97 Å². The molecule has 0 radical (unpaired) electrons. The number of carbonyl (C=O) groups excluding carboxylic acids is 2. The van der Waals surface area contributed by atoms with Gasteiger partial charge in [0.15, 0.2) is 0 Å². The van der Waals surface area contributed by atoms with Crippen LogP contribution in [0.3, 0.4) is 0 Å². The fraction of sp³-hybridized carbons (Fsp3) is 0.908. The first kappa shape index (κ1) is 69.3. The van der Waals surface area contributed by atoms with E-state index >= 15 is 0 Å². The van der Waals surface area contributed by atoms with Gasteiger partial charge in [0.1, 0.15) is 0 Å². The molecule has 0 saturated carbocycles. The Kier molecular flexibility index (Phi) is 59.5. The van der Waals surface area contributed by atoms with Gasteiger partial charge in [0, 0.05) is 12.8 Å². The lowest BCUT2D eigenvalue weighted by Crippen LogP contribution is -2.45. The number of carbonyl (C=O) groups is 2. The molecule has 6 nitrogen and oxygen atoms in total. The van der Waals surface area contributed by atoms with E-state index in [-0.39, 0.29) is 18.5 Å². The SMILES string of the molecule is CCCCC/C=C\C/C=C\CCCCCCCCCCCC(=O)OCCCCCCCCCCCCCCCCCCCCCCCCCCCC(=O)NC(CO)C(O)CCCCCCCCCCCC. The number of aliphatic hydroxyl groups is 2. The Morgan fingerprint density at radius 1 is 0.394 bits per heavy atom. The van der Waals surface area contributed by atoms with Gasteiger partial charge in [-0.3, -0.25) is 9.59 Å². The molecule has 0 bridgehead atoms. The molecule has 0 saturated heterocycles. The van der Waals surface area contributed by atoms with Gasteiger partial charge in [-0.2, -0.15) is 0 Å². The fourth-order valence-electron chi connectivity index (χ4n) is 10.1. The molecule has 0 spiro atoms. The quantitative estimate of drug-likeness (QED) is 0.0320. The maximum atomic E-state index is 12.4. The Bertz CT molecular complexity index is 1110. The zero-order chi connectivity index (χ0) is 51.4. The van der Waals surface area contributed by atoms with Gasteiger partial charge in [-0.1, -0.05) is 308 Å². The van der Waals surface area contributed by atoms with Crippen molar-refractivity contribution in [2.24, 2.45) is 0 Å². The summed E-state index contributed by atoms with van der Waals surface area (Å²) in [5.41, 5.74) is 0. The third kappa shape index (κ3) is 57.5. The average Bonchev–Trinajstić information content (AvgIpc) is 3.37. The van der Waals surface area contributed by atoms with Crippen LogP contribution >= 0.6 is 0 Å². The molecule has 0 heterocycles. The number of aliphatic hydroxyl groups excluding tert-OH is 2. The third-order valence-corrected chi connectivity index (χ3v) is 15.0. The highest BCUT2D eigenvalue weighted by Gasteiger charge is 2.20. The minimum absolute atomic E-state index is 0.0130. The normalized spacial score (nSPS) is 12.7. The van der Waals surface area contributed by atoms with E-state index in [4.69, 9.17) is 4.74 Å². The molecule has 0 aliphatic rings. The van der Waals surface area contributed by atoms with Crippen molar-refractivity contribution in [2.45, 2.75) is 366 Å². The Balaban J connectivity index is 3.32. The van der Waals surface area contributed by atoms with Crippen LogP contribution in [-0.4, -0.2) is 47.4 Å². The molecule has 71 heavy (non-hydrogen) atoms. The first-order valence-corrected chi connectivity index (χ1v) is 32.1. The first-order valence-electron chi connectivity index (χ1n) is 32.1. The second kappa shape index (κ2) is 60.9. The molecular weight excluding hydrogens is 875 g/mol. The van der Waals surface area contributed by atoms with Crippen molar-refractivity contribution in [1.82, 2.24) is 5.32 Å². The number of amides is 1. The summed E-state index contributed by atoms with van der Waals surface area (Å²) in [6.45, 7) is 4.93. The molecule has 0 aromatic rings. The van der Waals surface area contributed by atoms with Gasteiger partial charge in [0.25, 0.3) is 0 Å². The number of rotatable bonds is 60. The predicted molar refractivity (Wildman–Crippen MR) is 310 cm³/mol. The summed E-state index contributed by atoms with van der Waals surface area (Å²) in [7, 11) is 0. The highest BCUT2D eigenvalue weighted by molar-refractivity contribution is 5.76. The lowest BCUT2D eigenvalue weighted by Gasteiger charge is -2.22. The molecule has 0 aliphatic carbocycles. The van der Waals surface area contributed by atoms with E-state index in [0.717, 1.165) is 51.4 Å². The van der Waals surface area contributed by atoms with E-state index in [1.54, 1.807) is 0 Å². The number of unbranched alkanes of at least 4 members (excludes halogenated alkanes) is 45. The van der Waals surface area contributed by atoms with Crippen LogP contribution in [0.2, 0.25) is 0 Å². The smallest absolute Gasteiger partial charge is 0.305 e. The molecule has 2 atom stereocenters. The van der Waals surface area contributed by atoms with Crippen LogP contribution in [0, 0.1) is 0 Å². The summed E-state index contributed by atoms with van der Waals surface area (Å²) in [6, 6.07) is -0.538. The molecular formula is C65H125NO5. The van der Waals surface area contributed by atoms with E-state index < -0.39 is 12.1 Å². The zero-order valence-corrected chi connectivity index (χ0v) is 48.0. The van der Waals surface area contributed by atoms with Crippen molar-refractivity contribution in [2.75, 3.05) is 13.2 Å². The molecule has 0 aromatic carbocycles. The van der Waals surface area contributed by atoms with Crippen LogP contribution in [0.1, 0.15) is 354 Å². The summed E-state index contributed by atoms with van der Waals surface area (Å²) < 4.78 is 5.50. The molecule has 0 fully saturated rings. The van der Waals surface area contributed by atoms with E-state index in [1.807, 2.05) is 0 Å². The number of hydrogen-bond acceptors (Lipinski definition) is 5. The third-order valence-electron chi connectivity index (χ3n) is 15.0. The summed E-state index contributed by atoms with van der Waals surface area (Å²) >= 11 is 0. The molecule has 0 aliphatic heterocycles. The van der Waals surface area contributed by atoms with Crippen LogP contribution in [0.5, 0.6) is 0 Å². The molecule has 3 N–H and O–H groups in total. The molecule has 0 rings (SSSR count). The van der Waals surface area contributed by atoms with E-state index in [1.165, 1.54) is 270 Å². The van der Waals surface area contributed by atoms with Gasteiger partial charge in [0.2, 0.25) is 5.91 Å². The van der Waals surface area contributed by atoms with Gasteiger partial charge < -0.3 is 20.3 Å². The number of nitrogens with one attached hydrogen (secondary N) is 1. The van der Waals surface area contributed by atoms with Crippen molar-refractivity contribution in [3.8, 4) is 0 Å².